The van der Waals surface area contributed by atoms with Crippen LogP contribution in [0.5, 0.6) is 0 Å². The fourth-order valence-corrected chi connectivity index (χ4v) is 2.52. The van der Waals surface area contributed by atoms with Gasteiger partial charge in [0, 0.05) is 25.1 Å². The number of nitrogens with zero attached hydrogens (tertiary/aromatic N) is 3. The molecule has 1 aliphatic heterocycles. The van der Waals surface area contributed by atoms with E-state index in [0.717, 1.165) is 38.2 Å². The van der Waals surface area contributed by atoms with Gasteiger partial charge in [-0.25, -0.2) is 9.97 Å². The van der Waals surface area contributed by atoms with Gasteiger partial charge in [0.25, 0.3) is 0 Å². The van der Waals surface area contributed by atoms with Crippen LogP contribution in [0.4, 0.5) is 5.82 Å². The Labute approximate surface area is 107 Å². The second-order valence-electron chi connectivity index (χ2n) is 4.55. The minimum atomic E-state index is -0.177. The number of aliphatic hydroxyl groups is 1. The molecule has 1 aromatic heterocycles. The van der Waals surface area contributed by atoms with E-state index >= 15 is 0 Å². The first-order chi connectivity index (χ1) is 8.20. The smallest absolute Gasteiger partial charge is 0.134 e. The monoisotopic (exact) mass is 255 g/mol. The van der Waals surface area contributed by atoms with E-state index in [0.29, 0.717) is 11.1 Å². The Hall–Kier alpha value is -0.870. The molecule has 4 nitrogen and oxygen atoms in total. The van der Waals surface area contributed by atoms with Gasteiger partial charge in [-0.05, 0) is 12.8 Å². The summed E-state index contributed by atoms with van der Waals surface area (Å²) in [6.45, 7) is 3.82. The van der Waals surface area contributed by atoms with Crippen LogP contribution in [-0.4, -0.2) is 34.3 Å². The van der Waals surface area contributed by atoms with Gasteiger partial charge in [-0.1, -0.05) is 24.9 Å². The first-order valence-electron chi connectivity index (χ1n) is 6.11. The molecule has 0 unspecified atom stereocenters. The lowest BCUT2D eigenvalue weighted by Gasteiger charge is -2.36. The molecule has 2 atom stereocenters. The second-order valence-corrected chi connectivity index (χ2v) is 4.94. The average molecular weight is 256 g/mol. The number of aliphatic hydroxyl groups excluding tert-OH is 1. The van der Waals surface area contributed by atoms with Gasteiger partial charge in [0.2, 0.25) is 0 Å². The summed E-state index contributed by atoms with van der Waals surface area (Å²) in [4.78, 5) is 10.3. The van der Waals surface area contributed by atoms with Gasteiger partial charge in [0.05, 0.1) is 6.10 Å². The average Bonchev–Trinajstić information content (AvgIpc) is 2.32. The van der Waals surface area contributed by atoms with Crippen molar-refractivity contribution < 1.29 is 5.11 Å². The molecule has 1 N–H and O–H groups in total. The molecule has 0 amide bonds. The first kappa shape index (κ1) is 12.6. The zero-order valence-electron chi connectivity index (χ0n) is 10.0. The molecule has 0 bridgehead atoms. The number of aromatic nitrogens is 2. The van der Waals surface area contributed by atoms with Crippen molar-refractivity contribution in [2.75, 3.05) is 18.0 Å². The molecule has 1 aliphatic rings. The van der Waals surface area contributed by atoms with Crippen molar-refractivity contribution in [2.45, 2.75) is 32.3 Å². The van der Waals surface area contributed by atoms with Gasteiger partial charge in [-0.15, -0.1) is 0 Å². The van der Waals surface area contributed by atoms with Crippen molar-refractivity contribution in [3.63, 3.8) is 0 Å². The number of rotatable bonds is 3. The molecule has 0 radical (unpaired) electrons. The van der Waals surface area contributed by atoms with Gasteiger partial charge in [0.15, 0.2) is 0 Å². The molecule has 5 heteroatoms. The number of hydrogen-bond acceptors (Lipinski definition) is 4. The highest BCUT2D eigenvalue weighted by molar-refractivity contribution is 6.29. The summed E-state index contributed by atoms with van der Waals surface area (Å²) in [6.07, 6.45) is 4.25. The molecular formula is C12H18ClN3O. The first-order valence-corrected chi connectivity index (χ1v) is 6.49. The highest BCUT2D eigenvalue weighted by Crippen LogP contribution is 2.25. The maximum absolute atomic E-state index is 9.93. The highest BCUT2D eigenvalue weighted by Gasteiger charge is 2.27. The Bertz CT molecular complexity index is 375. The van der Waals surface area contributed by atoms with E-state index in [9.17, 15) is 5.11 Å². The van der Waals surface area contributed by atoms with E-state index in [1.165, 1.54) is 6.33 Å². The minimum Gasteiger partial charge on any atom is -0.393 e. The molecule has 94 valence electrons. The number of halogens is 1. The Morgan fingerprint density at radius 2 is 2.35 bits per heavy atom. The van der Waals surface area contributed by atoms with Crippen molar-refractivity contribution in [3.8, 4) is 0 Å². The summed E-state index contributed by atoms with van der Waals surface area (Å²) in [6, 6.07) is 1.78. The molecule has 0 aliphatic carbocycles. The molecular weight excluding hydrogens is 238 g/mol. The molecule has 2 rings (SSSR count). The number of piperidine rings is 1. The van der Waals surface area contributed by atoms with Crippen molar-refractivity contribution in [1.82, 2.24) is 9.97 Å². The fourth-order valence-electron chi connectivity index (χ4n) is 2.38. The maximum atomic E-state index is 9.93. The Balaban J connectivity index is 2.07. The molecule has 1 saturated heterocycles. The van der Waals surface area contributed by atoms with Crippen LogP contribution in [0, 0.1) is 5.92 Å². The minimum absolute atomic E-state index is 0.177. The lowest BCUT2D eigenvalue weighted by molar-refractivity contribution is 0.0828. The van der Waals surface area contributed by atoms with Gasteiger partial charge in [-0.3, -0.25) is 0 Å². The maximum Gasteiger partial charge on any atom is 0.134 e. The highest BCUT2D eigenvalue weighted by atomic mass is 35.5. The molecule has 1 fully saturated rings. The van der Waals surface area contributed by atoms with Crippen LogP contribution in [0.1, 0.15) is 26.2 Å². The van der Waals surface area contributed by atoms with Gasteiger partial charge in [0.1, 0.15) is 17.3 Å². The summed E-state index contributed by atoms with van der Waals surface area (Å²) < 4.78 is 0. The molecule has 1 aromatic rings. The zero-order valence-corrected chi connectivity index (χ0v) is 10.8. The van der Waals surface area contributed by atoms with E-state index < -0.39 is 0 Å². The predicted molar refractivity (Wildman–Crippen MR) is 68.3 cm³/mol. The van der Waals surface area contributed by atoms with Crippen LogP contribution in [0.2, 0.25) is 5.15 Å². The summed E-state index contributed by atoms with van der Waals surface area (Å²) >= 11 is 5.86. The van der Waals surface area contributed by atoms with Crippen molar-refractivity contribution in [3.05, 3.63) is 17.5 Å². The molecule has 2 heterocycles. The largest absolute Gasteiger partial charge is 0.393 e. The van der Waals surface area contributed by atoms with Crippen LogP contribution in [-0.2, 0) is 0 Å². The van der Waals surface area contributed by atoms with Crippen molar-refractivity contribution in [2.24, 2.45) is 5.92 Å². The SMILES string of the molecule is CCC[C@@H]1CN(c2cc(Cl)ncn2)CC[C@H]1O. The second kappa shape index (κ2) is 5.65. The molecule has 0 aromatic carbocycles. The molecule has 0 spiro atoms. The lowest BCUT2D eigenvalue weighted by atomic mass is 9.91. The standard InChI is InChI=1S/C12H18ClN3O/c1-2-3-9-7-16(5-4-10(9)17)12-6-11(13)14-8-15-12/h6,8-10,17H,2-5,7H2,1H3/t9-,10-/m1/s1. The molecule has 17 heavy (non-hydrogen) atoms. The summed E-state index contributed by atoms with van der Waals surface area (Å²) in [5.74, 6) is 1.19. The zero-order chi connectivity index (χ0) is 12.3. The van der Waals surface area contributed by atoms with Crippen LogP contribution < -0.4 is 4.90 Å². The lowest BCUT2D eigenvalue weighted by Crippen LogP contribution is -2.43. The Kier molecular flexibility index (Phi) is 4.18. The third-order valence-electron chi connectivity index (χ3n) is 3.30. The number of anilines is 1. The summed E-state index contributed by atoms with van der Waals surface area (Å²) in [5, 5.41) is 10.4. The van der Waals surface area contributed by atoms with E-state index in [4.69, 9.17) is 11.6 Å². The van der Waals surface area contributed by atoms with Crippen LogP contribution in [0.25, 0.3) is 0 Å². The van der Waals surface area contributed by atoms with Gasteiger partial charge >= 0.3 is 0 Å². The van der Waals surface area contributed by atoms with Crippen LogP contribution >= 0.6 is 11.6 Å². The van der Waals surface area contributed by atoms with Crippen molar-refractivity contribution in [1.29, 1.82) is 0 Å². The molecule has 0 saturated carbocycles. The number of hydrogen-bond donors (Lipinski definition) is 1. The summed E-state index contributed by atoms with van der Waals surface area (Å²) in [5.41, 5.74) is 0. The van der Waals surface area contributed by atoms with E-state index in [-0.39, 0.29) is 6.10 Å². The topological polar surface area (TPSA) is 49.2 Å². The van der Waals surface area contributed by atoms with Gasteiger partial charge in [-0.2, -0.15) is 0 Å². The Morgan fingerprint density at radius 3 is 3.06 bits per heavy atom. The summed E-state index contributed by atoms with van der Waals surface area (Å²) in [7, 11) is 0. The van der Waals surface area contributed by atoms with Gasteiger partial charge < -0.3 is 10.0 Å². The van der Waals surface area contributed by atoms with E-state index in [1.807, 2.05) is 0 Å². The van der Waals surface area contributed by atoms with Crippen molar-refractivity contribution >= 4 is 17.4 Å². The quantitative estimate of drug-likeness (QED) is 0.841. The normalized spacial score (nSPS) is 25.0. The Morgan fingerprint density at radius 1 is 1.53 bits per heavy atom. The third-order valence-corrected chi connectivity index (χ3v) is 3.50. The van der Waals surface area contributed by atoms with Crippen LogP contribution in [0.15, 0.2) is 12.4 Å². The third kappa shape index (κ3) is 3.07. The predicted octanol–water partition coefficient (Wildman–Crippen LogP) is 2.12. The van der Waals surface area contributed by atoms with Crippen LogP contribution in [0.3, 0.4) is 0 Å². The van der Waals surface area contributed by atoms with E-state index in [2.05, 4.69) is 21.8 Å². The van der Waals surface area contributed by atoms with E-state index in [1.54, 1.807) is 6.07 Å². The fraction of sp³-hybridized carbons (Fsp3) is 0.667.